The Bertz CT molecular complexity index is 696. The second-order valence-corrected chi connectivity index (χ2v) is 6.08. The van der Waals surface area contributed by atoms with Crippen LogP contribution in [0.25, 0.3) is 0 Å². The van der Waals surface area contributed by atoms with E-state index in [2.05, 4.69) is 20.1 Å². The van der Waals surface area contributed by atoms with Crippen molar-refractivity contribution in [2.45, 2.75) is 0 Å². The molecule has 2 aromatic rings. The average Bonchev–Trinajstić information content (AvgIpc) is 2.68. The van der Waals surface area contributed by atoms with Crippen LogP contribution in [0, 0.1) is 0 Å². The standard InChI is InChI=1S/C18H22N4O2S/c1-23-15-11-14(12-16(13-15)24-2)20-18(25)22-9-7-21(8-10-22)17-5-3-4-6-19-17/h3-6,11-13H,7-10H2,1-2H3,(H,20,25). The van der Waals surface area contributed by atoms with Crippen LogP contribution in [0.15, 0.2) is 42.6 Å². The van der Waals surface area contributed by atoms with E-state index in [1.165, 1.54) is 0 Å². The van der Waals surface area contributed by atoms with Gasteiger partial charge < -0.3 is 24.6 Å². The number of piperazine rings is 1. The molecule has 25 heavy (non-hydrogen) atoms. The van der Waals surface area contributed by atoms with Gasteiger partial charge in [0.1, 0.15) is 17.3 Å². The van der Waals surface area contributed by atoms with E-state index in [0.29, 0.717) is 5.11 Å². The predicted octanol–water partition coefficient (Wildman–Crippen LogP) is 2.62. The van der Waals surface area contributed by atoms with Gasteiger partial charge in [0.25, 0.3) is 0 Å². The maximum atomic E-state index is 5.57. The molecule has 0 amide bonds. The Hall–Kier alpha value is -2.54. The summed E-state index contributed by atoms with van der Waals surface area (Å²) in [7, 11) is 3.27. The summed E-state index contributed by atoms with van der Waals surface area (Å²) in [5.74, 6) is 2.47. The van der Waals surface area contributed by atoms with Crippen LogP contribution in [0.2, 0.25) is 0 Å². The molecule has 0 spiro atoms. The summed E-state index contributed by atoms with van der Waals surface area (Å²) in [6.07, 6.45) is 1.82. The first-order chi connectivity index (χ1) is 12.2. The van der Waals surface area contributed by atoms with E-state index in [-0.39, 0.29) is 0 Å². The molecule has 1 aromatic carbocycles. The van der Waals surface area contributed by atoms with Gasteiger partial charge in [0.05, 0.1) is 14.2 Å². The number of hydrogen-bond acceptors (Lipinski definition) is 5. The molecule has 3 rings (SSSR count). The van der Waals surface area contributed by atoms with Crippen LogP contribution in [-0.4, -0.2) is 55.4 Å². The van der Waals surface area contributed by atoms with Crippen LogP contribution in [-0.2, 0) is 0 Å². The van der Waals surface area contributed by atoms with E-state index in [4.69, 9.17) is 21.7 Å². The highest BCUT2D eigenvalue weighted by Crippen LogP contribution is 2.26. The molecule has 1 aliphatic heterocycles. The summed E-state index contributed by atoms with van der Waals surface area (Å²) in [5.41, 5.74) is 0.855. The molecule has 7 heteroatoms. The molecule has 1 N–H and O–H groups in total. The van der Waals surface area contributed by atoms with Crippen molar-refractivity contribution in [1.82, 2.24) is 9.88 Å². The molecule has 0 aliphatic carbocycles. The van der Waals surface area contributed by atoms with Crippen LogP contribution < -0.4 is 19.7 Å². The zero-order valence-corrected chi connectivity index (χ0v) is 15.3. The topological polar surface area (TPSA) is 49.9 Å². The number of nitrogens with zero attached hydrogens (tertiary/aromatic N) is 3. The highest BCUT2D eigenvalue weighted by molar-refractivity contribution is 7.80. The van der Waals surface area contributed by atoms with Crippen LogP contribution in [0.4, 0.5) is 11.5 Å². The Morgan fingerprint density at radius 2 is 1.72 bits per heavy atom. The fraction of sp³-hybridized carbons (Fsp3) is 0.333. The fourth-order valence-corrected chi connectivity index (χ4v) is 3.06. The van der Waals surface area contributed by atoms with Crippen molar-refractivity contribution in [3.05, 3.63) is 42.6 Å². The zero-order valence-electron chi connectivity index (χ0n) is 14.4. The smallest absolute Gasteiger partial charge is 0.173 e. The maximum Gasteiger partial charge on any atom is 0.173 e. The predicted molar refractivity (Wildman–Crippen MR) is 104 cm³/mol. The summed E-state index contributed by atoms with van der Waals surface area (Å²) < 4.78 is 10.6. The Morgan fingerprint density at radius 1 is 1.04 bits per heavy atom. The lowest BCUT2D eigenvalue weighted by atomic mass is 10.2. The van der Waals surface area contributed by atoms with E-state index >= 15 is 0 Å². The van der Waals surface area contributed by atoms with Gasteiger partial charge in [-0.3, -0.25) is 0 Å². The summed E-state index contributed by atoms with van der Waals surface area (Å²) in [6.45, 7) is 3.48. The number of pyridine rings is 1. The minimum absolute atomic E-state index is 0.705. The minimum atomic E-state index is 0.705. The molecule has 0 atom stereocenters. The number of benzene rings is 1. The normalized spacial score (nSPS) is 14.2. The number of rotatable bonds is 4. The lowest BCUT2D eigenvalue weighted by Gasteiger charge is -2.36. The van der Waals surface area contributed by atoms with Crippen molar-refractivity contribution in [3.8, 4) is 11.5 Å². The Balaban J connectivity index is 1.60. The lowest BCUT2D eigenvalue weighted by molar-refractivity contribution is 0.389. The van der Waals surface area contributed by atoms with Gasteiger partial charge in [-0.05, 0) is 24.4 Å². The molecular weight excluding hydrogens is 336 g/mol. The zero-order chi connectivity index (χ0) is 17.6. The second-order valence-electron chi connectivity index (χ2n) is 5.69. The summed E-state index contributed by atoms with van der Waals surface area (Å²) >= 11 is 5.57. The van der Waals surface area contributed by atoms with Gasteiger partial charge in [-0.25, -0.2) is 4.98 Å². The largest absolute Gasteiger partial charge is 0.497 e. The van der Waals surface area contributed by atoms with Gasteiger partial charge >= 0.3 is 0 Å². The Labute approximate surface area is 153 Å². The maximum absolute atomic E-state index is 5.57. The Kier molecular flexibility index (Phi) is 5.55. The summed E-state index contributed by atoms with van der Waals surface area (Å²) in [5, 5.41) is 3.98. The monoisotopic (exact) mass is 358 g/mol. The van der Waals surface area contributed by atoms with Crippen LogP contribution in [0.5, 0.6) is 11.5 Å². The molecule has 1 fully saturated rings. The van der Waals surface area contributed by atoms with E-state index < -0.39 is 0 Å². The van der Waals surface area contributed by atoms with Gasteiger partial charge in [-0.15, -0.1) is 0 Å². The molecule has 2 heterocycles. The SMILES string of the molecule is COc1cc(NC(=S)N2CCN(c3ccccn3)CC2)cc(OC)c1. The summed E-state index contributed by atoms with van der Waals surface area (Å²) in [6, 6.07) is 11.6. The van der Waals surface area contributed by atoms with Crippen LogP contribution in [0.1, 0.15) is 0 Å². The highest BCUT2D eigenvalue weighted by Gasteiger charge is 2.20. The van der Waals surface area contributed by atoms with Crippen LogP contribution in [0.3, 0.4) is 0 Å². The molecular formula is C18H22N4O2S. The van der Waals surface area contributed by atoms with Crippen molar-refractivity contribution < 1.29 is 9.47 Å². The molecule has 1 aromatic heterocycles. The molecule has 0 bridgehead atoms. The third-order valence-electron chi connectivity index (χ3n) is 4.14. The average molecular weight is 358 g/mol. The van der Waals surface area contributed by atoms with Gasteiger partial charge in [0, 0.05) is 56.3 Å². The first kappa shape index (κ1) is 17.3. The van der Waals surface area contributed by atoms with Gasteiger partial charge in [-0.2, -0.15) is 0 Å². The van der Waals surface area contributed by atoms with Crippen LogP contribution >= 0.6 is 12.2 Å². The first-order valence-electron chi connectivity index (χ1n) is 8.14. The van der Waals surface area contributed by atoms with Gasteiger partial charge in [0.15, 0.2) is 5.11 Å². The fourth-order valence-electron chi connectivity index (χ4n) is 2.76. The minimum Gasteiger partial charge on any atom is -0.497 e. The molecule has 132 valence electrons. The van der Waals surface area contributed by atoms with E-state index in [9.17, 15) is 0 Å². The second kappa shape index (κ2) is 8.02. The third kappa shape index (κ3) is 4.30. The van der Waals surface area contributed by atoms with E-state index in [0.717, 1.165) is 49.2 Å². The number of nitrogens with one attached hydrogen (secondary N) is 1. The summed E-state index contributed by atoms with van der Waals surface area (Å²) in [4.78, 5) is 8.85. The molecule has 6 nitrogen and oxygen atoms in total. The third-order valence-corrected chi connectivity index (χ3v) is 4.50. The number of anilines is 2. The van der Waals surface area contributed by atoms with Gasteiger partial charge in [-0.1, -0.05) is 6.07 Å². The molecule has 1 aliphatic rings. The van der Waals surface area contributed by atoms with Crippen molar-refractivity contribution in [1.29, 1.82) is 0 Å². The Morgan fingerprint density at radius 3 is 2.28 bits per heavy atom. The number of aromatic nitrogens is 1. The highest BCUT2D eigenvalue weighted by atomic mass is 32.1. The van der Waals surface area contributed by atoms with Crippen molar-refractivity contribution >= 4 is 28.8 Å². The number of thiocarbonyl (C=S) groups is 1. The van der Waals surface area contributed by atoms with Crippen molar-refractivity contribution in [2.75, 3.05) is 50.6 Å². The number of methoxy groups -OCH3 is 2. The number of hydrogen-bond donors (Lipinski definition) is 1. The van der Waals surface area contributed by atoms with Gasteiger partial charge in [0.2, 0.25) is 0 Å². The molecule has 1 saturated heterocycles. The van der Waals surface area contributed by atoms with Crippen molar-refractivity contribution in [2.24, 2.45) is 0 Å². The lowest BCUT2D eigenvalue weighted by Crippen LogP contribution is -2.50. The quantitative estimate of drug-likeness (QED) is 0.843. The molecule has 0 radical (unpaired) electrons. The first-order valence-corrected chi connectivity index (χ1v) is 8.55. The molecule has 0 unspecified atom stereocenters. The van der Waals surface area contributed by atoms with E-state index in [1.807, 2.05) is 42.6 Å². The van der Waals surface area contributed by atoms with E-state index in [1.54, 1.807) is 14.2 Å². The number of ether oxygens (including phenoxy) is 2. The molecule has 0 saturated carbocycles. The van der Waals surface area contributed by atoms with Crippen molar-refractivity contribution in [3.63, 3.8) is 0 Å².